The zero-order valence-electron chi connectivity index (χ0n) is 11.9. The zero-order valence-corrected chi connectivity index (χ0v) is 11.9. The average molecular weight is 284 g/mol. The maximum atomic E-state index is 12.0. The summed E-state index contributed by atoms with van der Waals surface area (Å²) in [6, 6.07) is 12.0. The smallest absolute Gasteiger partial charge is 0.185 e. The minimum atomic E-state index is -0.145. The Morgan fingerprint density at radius 2 is 1.81 bits per heavy atom. The van der Waals surface area contributed by atoms with Gasteiger partial charge in [0.25, 0.3) is 0 Å². The third-order valence-corrected chi connectivity index (χ3v) is 3.01. The molecule has 0 aromatic heterocycles. The molecule has 2 aromatic rings. The van der Waals surface area contributed by atoms with Gasteiger partial charge < -0.3 is 14.6 Å². The van der Waals surface area contributed by atoms with Crippen LogP contribution in [0.25, 0.3) is 6.08 Å². The Morgan fingerprint density at radius 3 is 2.43 bits per heavy atom. The number of carbonyl (C=O) groups is 1. The second-order valence-corrected chi connectivity index (χ2v) is 4.33. The van der Waals surface area contributed by atoms with E-state index in [4.69, 9.17) is 9.47 Å². The molecule has 0 atom stereocenters. The Morgan fingerprint density at radius 1 is 1.10 bits per heavy atom. The molecule has 0 aliphatic carbocycles. The minimum absolute atomic E-state index is 0.0108. The van der Waals surface area contributed by atoms with E-state index in [0.717, 1.165) is 0 Å². The van der Waals surface area contributed by atoms with Crippen molar-refractivity contribution >= 4 is 11.9 Å². The second kappa shape index (κ2) is 6.61. The summed E-state index contributed by atoms with van der Waals surface area (Å²) in [4.78, 5) is 12.0. The van der Waals surface area contributed by atoms with Crippen LogP contribution in [0.2, 0.25) is 0 Å². The SMILES string of the molecule is COc1cc(O)c(C=CC(=O)c2ccccc2)c(OC)c1. The molecule has 0 spiro atoms. The fourth-order valence-corrected chi connectivity index (χ4v) is 1.90. The number of benzene rings is 2. The molecule has 0 heterocycles. The molecule has 0 unspecified atom stereocenters. The summed E-state index contributed by atoms with van der Waals surface area (Å²) >= 11 is 0. The molecule has 0 saturated heterocycles. The van der Waals surface area contributed by atoms with Gasteiger partial charge in [-0.05, 0) is 12.2 Å². The topological polar surface area (TPSA) is 55.8 Å². The van der Waals surface area contributed by atoms with Crippen LogP contribution in [-0.4, -0.2) is 25.1 Å². The second-order valence-electron chi connectivity index (χ2n) is 4.33. The van der Waals surface area contributed by atoms with E-state index in [0.29, 0.717) is 22.6 Å². The van der Waals surface area contributed by atoms with Gasteiger partial charge in [-0.1, -0.05) is 30.3 Å². The summed E-state index contributed by atoms with van der Waals surface area (Å²) < 4.78 is 10.3. The van der Waals surface area contributed by atoms with Crippen molar-refractivity contribution in [3.63, 3.8) is 0 Å². The summed E-state index contributed by atoms with van der Waals surface area (Å²) in [5.41, 5.74) is 1.02. The number of rotatable bonds is 5. The first kappa shape index (κ1) is 14.7. The zero-order chi connectivity index (χ0) is 15.2. The molecule has 0 fully saturated rings. The summed E-state index contributed by atoms with van der Waals surface area (Å²) in [5, 5.41) is 10.00. The van der Waals surface area contributed by atoms with Gasteiger partial charge in [-0.3, -0.25) is 4.79 Å². The van der Waals surface area contributed by atoms with Gasteiger partial charge in [0.1, 0.15) is 17.2 Å². The molecule has 4 heteroatoms. The van der Waals surface area contributed by atoms with Crippen LogP contribution in [0.4, 0.5) is 0 Å². The number of phenolic OH excluding ortho intramolecular Hbond substituents is 1. The Hall–Kier alpha value is -2.75. The predicted molar refractivity (Wildman–Crippen MR) is 81.0 cm³/mol. The monoisotopic (exact) mass is 284 g/mol. The van der Waals surface area contributed by atoms with Crippen LogP contribution in [0.1, 0.15) is 15.9 Å². The number of ketones is 1. The van der Waals surface area contributed by atoms with Gasteiger partial charge in [-0.25, -0.2) is 0 Å². The molecular formula is C17H16O4. The highest BCUT2D eigenvalue weighted by Gasteiger charge is 2.10. The van der Waals surface area contributed by atoms with E-state index >= 15 is 0 Å². The van der Waals surface area contributed by atoms with E-state index in [1.807, 2.05) is 6.07 Å². The van der Waals surface area contributed by atoms with Crippen molar-refractivity contribution in [2.24, 2.45) is 0 Å². The molecule has 4 nitrogen and oxygen atoms in total. The molecule has 0 aliphatic rings. The van der Waals surface area contributed by atoms with Crippen LogP contribution < -0.4 is 9.47 Å². The quantitative estimate of drug-likeness (QED) is 0.676. The van der Waals surface area contributed by atoms with Crippen LogP contribution in [0.5, 0.6) is 17.2 Å². The molecule has 1 N–H and O–H groups in total. The first-order chi connectivity index (χ1) is 10.2. The van der Waals surface area contributed by atoms with Crippen molar-refractivity contribution in [1.29, 1.82) is 0 Å². The van der Waals surface area contributed by atoms with Crippen molar-refractivity contribution < 1.29 is 19.4 Å². The Labute approximate surface area is 123 Å². The van der Waals surface area contributed by atoms with Crippen LogP contribution in [0.15, 0.2) is 48.5 Å². The highest BCUT2D eigenvalue weighted by atomic mass is 16.5. The lowest BCUT2D eigenvalue weighted by molar-refractivity contribution is 0.104. The molecule has 2 rings (SSSR count). The van der Waals surface area contributed by atoms with Crippen LogP contribution in [-0.2, 0) is 0 Å². The van der Waals surface area contributed by atoms with E-state index in [1.54, 1.807) is 30.3 Å². The largest absolute Gasteiger partial charge is 0.507 e. The molecular weight excluding hydrogens is 268 g/mol. The van der Waals surface area contributed by atoms with Crippen molar-refractivity contribution in [2.45, 2.75) is 0 Å². The lowest BCUT2D eigenvalue weighted by Gasteiger charge is -2.09. The van der Waals surface area contributed by atoms with Gasteiger partial charge in [0, 0.05) is 17.7 Å². The van der Waals surface area contributed by atoms with E-state index in [1.165, 1.54) is 32.4 Å². The van der Waals surface area contributed by atoms with E-state index in [-0.39, 0.29) is 11.5 Å². The van der Waals surface area contributed by atoms with Crippen molar-refractivity contribution in [1.82, 2.24) is 0 Å². The molecule has 0 radical (unpaired) electrons. The van der Waals surface area contributed by atoms with Gasteiger partial charge >= 0.3 is 0 Å². The number of ether oxygens (including phenoxy) is 2. The number of hydrogen-bond donors (Lipinski definition) is 1. The summed E-state index contributed by atoms with van der Waals surface area (Å²) in [7, 11) is 2.99. The molecule has 0 saturated carbocycles. The first-order valence-electron chi connectivity index (χ1n) is 6.38. The van der Waals surface area contributed by atoms with Crippen LogP contribution >= 0.6 is 0 Å². The number of allylic oxidation sites excluding steroid dienone is 1. The third-order valence-electron chi connectivity index (χ3n) is 3.01. The lowest BCUT2D eigenvalue weighted by atomic mass is 10.1. The molecule has 0 amide bonds. The van der Waals surface area contributed by atoms with Crippen molar-refractivity contribution in [3.05, 3.63) is 59.7 Å². The van der Waals surface area contributed by atoms with Gasteiger partial charge in [0.2, 0.25) is 0 Å². The maximum absolute atomic E-state index is 12.0. The lowest BCUT2D eigenvalue weighted by Crippen LogP contribution is -1.94. The minimum Gasteiger partial charge on any atom is -0.507 e. The summed E-state index contributed by atoms with van der Waals surface area (Å²) in [6.07, 6.45) is 2.93. The van der Waals surface area contributed by atoms with E-state index < -0.39 is 0 Å². The van der Waals surface area contributed by atoms with Gasteiger partial charge in [-0.15, -0.1) is 0 Å². The Bertz CT molecular complexity index is 660. The highest BCUT2D eigenvalue weighted by Crippen LogP contribution is 2.34. The number of phenols is 1. The van der Waals surface area contributed by atoms with E-state index in [9.17, 15) is 9.90 Å². The molecule has 2 aromatic carbocycles. The standard InChI is InChI=1S/C17H16O4/c1-20-13-10-16(19)14(17(11-13)21-2)8-9-15(18)12-6-4-3-5-7-12/h3-11,19H,1-2H3. The summed E-state index contributed by atoms with van der Waals surface area (Å²) in [6.45, 7) is 0. The van der Waals surface area contributed by atoms with Crippen LogP contribution in [0.3, 0.4) is 0 Å². The van der Waals surface area contributed by atoms with Gasteiger partial charge in [-0.2, -0.15) is 0 Å². The predicted octanol–water partition coefficient (Wildman–Crippen LogP) is 3.31. The summed E-state index contributed by atoms with van der Waals surface area (Å²) in [5.74, 6) is 0.760. The molecule has 0 bridgehead atoms. The van der Waals surface area contributed by atoms with Crippen molar-refractivity contribution in [3.8, 4) is 17.2 Å². The van der Waals surface area contributed by atoms with Crippen molar-refractivity contribution in [2.75, 3.05) is 14.2 Å². The molecule has 108 valence electrons. The fourth-order valence-electron chi connectivity index (χ4n) is 1.90. The average Bonchev–Trinajstić information content (AvgIpc) is 2.53. The number of carbonyl (C=O) groups excluding carboxylic acids is 1. The fraction of sp³-hybridized carbons (Fsp3) is 0.118. The van der Waals surface area contributed by atoms with Crippen LogP contribution in [0, 0.1) is 0 Å². The molecule has 0 aliphatic heterocycles. The maximum Gasteiger partial charge on any atom is 0.185 e. The third kappa shape index (κ3) is 3.42. The molecule has 21 heavy (non-hydrogen) atoms. The number of hydrogen-bond acceptors (Lipinski definition) is 4. The first-order valence-corrected chi connectivity index (χ1v) is 6.38. The van der Waals surface area contributed by atoms with E-state index in [2.05, 4.69) is 0 Å². The number of aromatic hydroxyl groups is 1. The Balaban J connectivity index is 2.31. The number of methoxy groups -OCH3 is 2. The normalized spacial score (nSPS) is 10.6. The van der Waals surface area contributed by atoms with Gasteiger partial charge in [0.15, 0.2) is 5.78 Å². The highest BCUT2D eigenvalue weighted by molar-refractivity contribution is 6.07. The van der Waals surface area contributed by atoms with Gasteiger partial charge in [0.05, 0.1) is 19.8 Å². The Kier molecular flexibility index (Phi) is 4.61.